The Bertz CT molecular complexity index is 1350. The topological polar surface area (TPSA) is 9.23 Å². The quantitative estimate of drug-likeness (QED) is 0.349. The van der Waals surface area contributed by atoms with Crippen molar-refractivity contribution in [1.29, 1.82) is 0 Å². The summed E-state index contributed by atoms with van der Waals surface area (Å²) in [6.45, 7) is 0. The van der Waals surface area contributed by atoms with Crippen LogP contribution in [0.2, 0.25) is 0 Å². The molecule has 0 N–H and O–H groups in total. The van der Waals surface area contributed by atoms with Crippen molar-refractivity contribution in [3.8, 4) is 0 Å². The molecule has 3 aliphatic rings. The van der Waals surface area contributed by atoms with E-state index < -0.39 is 11.2 Å². The maximum absolute atomic E-state index is 7.44. The molecule has 2 aliphatic heterocycles. The van der Waals surface area contributed by atoms with E-state index in [0.717, 1.165) is 12.8 Å². The highest BCUT2D eigenvalue weighted by Gasteiger charge is 2.68. The van der Waals surface area contributed by atoms with E-state index >= 15 is 0 Å². The molecule has 0 amide bonds. The van der Waals surface area contributed by atoms with Gasteiger partial charge in [0.2, 0.25) is 0 Å². The number of hydrogen-bond acceptors (Lipinski definition) is 1. The summed E-state index contributed by atoms with van der Waals surface area (Å²) in [4.78, 5) is 0. The van der Waals surface area contributed by atoms with E-state index in [4.69, 9.17) is 4.74 Å². The van der Waals surface area contributed by atoms with E-state index in [-0.39, 0.29) is 5.92 Å². The summed E-state index contributed by atoms with van der Waals surface area (Å²) in [5.41, 5.74) is 8.22. The average Bonchev–Trinajstić information content (AvgIpc) is 3.24. The Kier molecular flexibility index (Phi) is 3.72. The van der Waals surface area contributed by atoms with Crippen molar-refractivity contribution in [3.63, 3.8) is 0 Å². The van der Waals surface area contributed by atoms with Crippen LogP contribution in [-0.2, 0) is 22.4 Å². The second-order valence-electron chi connectivity index (χ2n) is 9.19. The number of benzene rings is 4. The Labute approximate surface area is 189 Å². The van der Waals surface area contributed by atoms with Gasteiger partial charge in [-0.2, -0.15) is 0 Å². The van der Waals surface area contributed by atoms with Gasteiger partial charge in [-0.25, -0.2) is 0 Å². The molecule has 0 saturated carbocycles. The van der Waals surface area contributed by atoms with Crippen molar-refractivity contribution >= 4 is 6.08 Å². The van der Waals surface area contributed by atoms with Crippen LogP contribution < -0.4 is 0 Å². The Balaban J connectivity index is 1.61. The van der Waals surface area contributed by atoms with E-state index in [1.165, 1.54) is 39.0 Å². The normalized spacial score (nSPS) is 27.1. The van der Waals surface area contributed by atoms with Gasteiger partial charge in [-0.05, 0) is 51.8 Å². The zero-order valence-electron chi connectivity index (χ0n) is 17.9. The molecule has 1 aliphatic carbocycles. The minimum absolute atomic E-state index is 0.285. The first-order valence-electron chi connectivity index (χ1n) is 11.6. The van der Waals surface area contributed by atoms with E-state index in [0.29, 0.717) is 0 Å². The van der Waals surface area contributed by atoms with Crippen LogP contribution in [-0.4, -0.2) is 0 Å². The summed E-state index contributed by atoms with van der Waals surface area (Å²) in [5, 5.41) is 0. The zero-order chi connectivity index (χ0) is 21.2. The predicted molar refractivity (Wildman–Crippen MR) is 128 cm³/mol. The lowest BCUT2D eigenvalue weighted by atomic mass is 9.62. The summed E-state index contributed by atoms with van der Waals surface area (Å²) in [7, 11) is 0. The molecule has 1 nitrogen and oxygen atoms in total. The fourth-order valence-electron chi connectivity index (χ4n) is 6.49. The van der Waals surface area contributed by atoms with Crippen LogP contribution in [0.15, 0.2) is 115 Å². The van der Waals surface area contributed by atoms with Crippen molar-refractivity contribution in [2.24, 2.45) is 5.92 Å². The first-order valence-corrected chi connectivity index (χ1v) is 11.6. The zero-order valence-corrected chi connectivity index (χ0v) is 17.9. The van der Waals surface area contributed by atoms with Crippen molar-refractivity contribution in [1.82, 2.24) is 0 Å². The Morgan fingerprint density at radius 3 is 2.03 bits per heavy atom. The van der Waals surface area contributed by atoms with Crippen molar-refractivity contribution < 1.29 is 4.74 Å². The van der Waals surface area contributed by atoms with E-state index in [1.807, 2.05) is 0 Å². The number of aryl methyl sites for hydroxylation is 1. The lowest BCUT2D eigenvalue weighted by Gasteiger charge is -2.36. The number of rotatable bonds is 2. The molecule has 2 heterocycles. The molecular formula is C31H24O. The van der Waals surface area contributed by atoms with Crippen LogP contribution in [0.25, 0.3) is 6.08 Å². The van der Waals surface area contributed by atoms with E-state index in [2.05, 4.69) is 115 Å². The van der Waals surface area contributed by atoms with Gasteiger partial charge in [0.25, 0.3) is 0 Å². The van der Waals surface area contributed by atoms with Crippen LogP contribution in [0.5, 0.6) is 0 Å². The van der Waals surface area contributed by atoms with Crippen LogP contribution in [0.4, 0.5) is 0 Å². The molecule has 0 radical (unpaired) electrons. The summed E-state index contributed by atoms with van der Waals surface area (Å²) in [6, 6.07) is 39.5. The Morgan fingerprint density at radius 2 is 1.25 bits per heavy atom. The number of fused-ring (bicyclic) bond motifs is 9. The van der Waals surface area contributed by atoms with Crippen molar-refractivity contribution in [2.75, 3.05) is 0 Å². The van der Waals surface area contributed by atoms with Gasteiger partial charge in [-0.3, -0.25) is 0 Å². The molecular weight excluding hydrogens is 388 g/mol. The second-order valence-corrected chi connectivity index (χ2v) is 9.19. The minimum Gasteiger partial charge on any atom is -0.345 e. The number of ether oxygens (including phenoxy) is 1. The molecule has 1 heteroatoms. The molecule has 4 aromatic carbocycles. The standard InChI is InChI=1S/C31H24O/c1-3-13-24(14-4-1)30-26-17-9-10-18-27(26)31(32-30,25-15-5-2-6-16-25)29-21-23-12-8-7-11-22(23)19-20-28(29)30/h1-18,21,28H,19-20H2/t28-,30-,31+/m1/s1. The average molecular weight is 413 g/mol. The summed E-state index contributed by atoms with van der Waals surface area (Å²) in [6.07, 6.45) is 4.58. The smallest absolute Gasteiger partial charge is 0.142 e. The highest BCUT2D eigenvalue weighted by molar-refractivity contribution is 5.72. The Morgan fingerprint density at radius 1 is 0.625 bits per heavy atom. The first kappa shape index (κ1) is 18.2. The third kappa shape index (κ3) is 2.17. The molecule has 1 saturated heterocycles. The number of hydrogen-bond donors (Lipinski definition) is 0. The van der Waals surface area contributed by atoms with Gasteiger partial charge >= 0.3 is 0 Å². The van der Waals surface area contributed by atoms with Crippen molar-refractivity contribution in [3.05, 3.63) is 148 Å². The summed E-state index contributed by atoms with van der Waals surface area (Å²) >= 11 is 0. The van der Waals surface area contributed by atoms with Gasteiger partial charge in [0.05, 0.1) is 0 Å². The Hall–Kier alpha value is -3.42. The minimum atomic E-state index is -0.560. The summed E-state index contributed by atoms with van der Waals surface area (Å²) in [5.74, 6) is 0.285. The highest BCUT2D eigenvalue weighted by atomic mass is 16.5. The van der Waals surface area contributed by atoms with Crippen LogP contribution in [0.1, 0.15) is 39.8 Å². The third-order valence-corrected chi connectivity index (χ3v) is 7.74. The highest BCUT2D eigenvalue weighted by Crippen LogP contribution is 2.69. The van der Waals surface area contributed by atoms with Gasteiger partial charge in [0.1, 0.15) is 11.2 Å². The first-order chi connectivity index (χ1) is 15.8. The van der Waals surface area contributed by atoms with E-state index in [1.54, 1.807) is 0 Å². The van der Waals surface area contributed by atoms with Crippen LogP contribution >= 0.6 is 0 Å². The van der Waals surface area contributed by atoms with Crippen LogP contribution in [0, 0.1) is 5.92 Å². The molecule has 0 unspecified atom stereocenters. The molecule has 7 rings (SSSR count). The largest absolute Gasteiger partial charge is 0.345 e. The molecule has 0 spiro atoms. The second kappa shape index (κ2) is 6.54. The maximum atomic E-state index is 7.44. The van der Waals surface area contributed by atoms with Crippen LogP contribution in [0.3, 0.4) is 0 Å². The molecule has 0 aromatic heterocycles. The van der Waals surface area contributed by atoms with Gasteiger partial charge in [0.15, 0.2) is 0 Å². The monoisotopic (exact) mass is 412 g/mol. The van der Waals surface area contributed by atoms with Gasteiger partial charge < -0.3 is 4.74 Å². The molecule has 154 valence electrons. The predicted octanol–water partition coefficient (Wildman–Crippen LogP) is 6.86. The molecule has 4 aromatic rings. The fourth-order valence-corrected chi connectivity index (χ4v) is 6.49. The SMILES string of the molecule is C1=C2[C@@H](CCc3ccccc31)[C@]1(c3ccccc3)O[C@@]2(c2ccccc2)c2ccccc21. The summed E-state index contributed by atoms with van der Waals surface area (Å²) < 4.78 is 7.44. The fraction of sp³-hybridized carbons (Fsp3) is 0.161. The lowest BCUT2D eigenvalue weighted by Crippen LogP contribution is -2.35. The van der Waals surface area contributed by atoms with Gasteiger partial charge in [-0.15, -0.1) is 0 Å². The maximum Gasteiger partial charge on any atom is 0.142 e. The molecule has 32 heavy (non-hydrogen) atoms. The molecule has 1 fully saturated rings. The van der Waals surface area contributed by atoms with Gasteiger partial charge in [-0.1, -0.05) is 115 Å². The molecule has 3 atom stereocenters. The third-order valence-electron chi connectivity index (χ3n) is 7.74. The van der Waals surface area contributed by atoms with E-state index in [9.17, 15) is 0 Å². The molecule has 2 bridgehead atoms. The van der Waals surface area contributed by atoms with Crippen molar-refractivity contribution in [2.45, 2.75) is 24.0 Å². The lowest BCUT2D eigenvalue weighted by molar-refractivity contribution is -0.0483. The van der Waals surface area contributed by atoms with Gasteiger partial charge in [0, 0.05) is 5.92 Å².